The number of carbonyl (C=O) groups is 2. The number of hydrogen-bond acceptors (Lipinski definition) is 11. The Kier molecular flexibility index (Phi) is 5.82. The molecule has 4 rings (SSSR count). The van der Waals surface area contributed by atoms with E-state index in [0.29, 0.717) is 0 Å². The van der Waals surface area contributed by atoms with Crippen molar-refractivity contribution in [1.29, 1.82) is 0 Å². The van der Waals surface area contributed by atoms with Gasteiger partial charge in [-0.1, -0.05) is 0 Å². The molecule has 0 aliphatic carbocycles. The number of benzene rings is 1. The van der Waals surface area contributed by atoms with Gasteiger partial charge in [0.05, 0.1) is 5.56 Å². The minimum absolute atomic E-state index is 0.0669. The van der Waals surface area contributed by atoms with Crippen LogP contribution in [0.5, 0.6) is 5.75 Å². The van der Waals surface area contributed by atoms with E-state index in [-0.39, 0.29) is 11.4 Å². The molecule has 0 unspecified atom stereocenters. The third-order valence-corrected chi connectivity index (χ3v) is 4.67. The normalized spacial score (nSPS) is 23.9. The summed E-state index contributed by atoms with van der Waals surface area (Å²) in [5.74, 6) is -1.53. The van der Waals surface area contributed by atoms with Crippen molar-refractivity contribution >= 4 is 17.9 Å². The molecule has 15 heteroatoms. The maximum atomic E-state index is 12.3. The second kappa shape index (κ2) is 8.59. The predicted molar refractivity (Wildman–Crippen MR) is 96.4 cm³/mol. The molecule has 0 bridgehead atoms. The summed E-state index contributed by atoms with van der Waals surface area (Å²) in [4.78, 5) is 39.6. The highest BCUT2D eigenvalue weighted by atomic mass is 19.4. The summed E-state index contributed by atoms with van der Waals surface area (Å²) in [5.41, 5.74) is 0.814. The molecule has 2 saturated heterocycles. The molecule has 4 atom stereocenters. The average molecular weight is 473 g/mol. The summed E-state index contributed by atoms with van der Waals surface area (Å²) in [5, 5.41) is 8.84. The van der Waals surface area contributed by atoms with Gasteiger partial charge in [-0.25, -0.2) is 14.4 Å². The molecule has 176 valence electrons. The highest BCUT2D eigenvalue weighted by Gasteiger charge is 2.55. The van der Waals surface area contributed by atoms with Crippen LogP contribution in [0.15, 0.2) is 41.3 Å². The SMILES string of the molecule is O=C1O[C@@H]2[C@H](O1)[C@@H](COC(=O)c1ccc(OC(F)(F)F)cc1)O[C@H]2n1ccc(NO)nc1=O. The van der Waals surface area contributed by atoms with Crippen molar-refractivity contribution in [2.45, 2.75) is 30.9 Å². The Morgan fingerprint density at radius 3 is 2.48 bits per heavy atom. The van der Waals surface area contributed by atoms with Gasteiger partial charge in [-0.15, -0.1) is 13.2 Å². The maximum absolute atomic E-state index is 12.3. The average Bonchev–Trinajstić information content (AvgIpc) is 3.29. The molecule has 2 aliphatic rings. The van der Waals surface area contributed by atoms with Gasteiger partial charge >= 0.3 is 24.2 Å². The van der Waals surface area contributed by atoms with Crippen molar-refractivity contribution in [3.8, 4) is 5.75 Å². The highest BCUT2D eigenvalue weighted by Crippen LogP contribution is 2.37. The van der Waals surface area contributed by atoms with E-state index in [2.05, 4.69) is 9.72 Å². The van der Waals surface area contributed by atoms with Crippen molar-refractivity contribution in [2.75, 3.05) is 12.1 Å². The van der Waals surface area contributed by atoms with Gasteiger partial charge in [0.2, 0.25) is 0 Å². The first-order valence-corrected chi connectivity index (χ1v) is 9.19. The summed E-state index contributed by atoms with van der Waals surface area (Å²) in [6.45, 7) is -0.424. The number of anilines is 1. The number of rotatable bonds is 6. The van der Waals surface area contributed by atoms with E-state index in [1.165, 1.54) is 12.3 Å². The molecule has 1 aromatic heterocycles. The van der Waals surface area contributed by atoms with E-state index in [1.807, 2.05) is 0 Å². The van der Waals surface area contributed by atoms with Crippen LogP contribution in [0.1, 0.15) is 16.6 Å². The van der Waals surface area contributed by atoms with Crippen molar-refractivity contribution in [2.24, 2.45) is 0 Å². The van der Waals surface area contributed by atoms with Crippen LogP contribution in [-0.4, -0.2) is 58.2 Å². The third kappa shape index (κ3) is 4.83. The van der Waals surface area contributed by atoms with Crippen LogP contribution in [0.25, 0.3) is 0 Å². The monoisotopic (exact) mass is 473 g/mol. The molecule has 0 amide bonds. The lowest BCUT2D eigenvalue weighted by Crippen LogP contribution is -2.34. The van der Waals surface area contributed by atoms with E-state index in [9.17, 15) is 27.6 Å². The molecule has 12 nitrogen and oxygen atoms in total. The number of nitrogens with one attached hydrogen (secondary N) is 1. The number of carbonyl (C=O) groups excluding carboxylic acids is 2. The third-order valence-electron chi connectivity index (χ3n) is 4.67. The Labute approximate surface area is 181 Å². The number of alkyl halides is 3. The lowest BCUT2D eigenvalue weighted by molar-refractivity contribution is -0.274. The Hall–Kier alpha value is -3.85. The van der Waals surface area contributed by atoms with Crippen LogP contribution in [0, 0.1) is 0 Å². The number of fused-ring (bicyclic) bond motifs is 1. The van der Waals surface area contributed by atoms with Crippen LogP contribution in [0.3, 0.4) is 0 Å². The van der Waals surface area contributed by atoms with Crippen LogP contribution < -0.4 is 15.9 Å². The zero-order valence-electron chi connectivity index (χ0n) is 16.2. The van der Waals surface area contributed by atoms with Crippen LogP contribution in [0.2, 0.25) is 0 Å². The highest BCUT2D eigenvalue weighted by molar-refractivity contribution is 5.89. The van der Waals surface area contributed by atoms with Gasteiger partial charge in [0, 0.05) is 6.20 Å². The molecule has 1 aromatic carbocycles. The van der Waals surface area contributed by atoms with Crippen LogP contribution >= 0.6 is 0 Å². The van der Waals surface area contributed by atoms with E-state index >= 15 is 0 Å². The largest absolute Gasteiger partial charge is 0.573 e. The lowest BCUT2D eigenvalue weighted by atomic mass is 10.1. The fourth-order valence-corrected chi connectivity index (χ4v) is 3.29. The Bertz CT molecular complexity index is 1110. The van der Waals surface area contributed by atoms with Gasteiger partial charge in [0.15, 0.2) is 24.3 Å². The molecule has 2 aliphatic heterocycles. The second-order valence-corrected chi connectivity index (χ2v) is 6.77. The Balaban J connectivity index is 1.43. The minimum Gasteiger partial charge on any atom is -0.459 e. The summed E-state index contributed by atoms with van der Waals surface area (Å²) in [7, 11) is 0. The summed E-state index contributed by atoms with van der Waals surface area (Å²) < 4.78 is 62.3. The molecular formula is C18H14F3N3O9. The zero-order chi connectivity index (χ0) is 23.8. The van der Waals surface area contributed by atoms with E-state index in [1.54, 1.807) is 5.48 Å². The first-order valence-electron chi connectivity index (χ1n) is 9.19. The van der Waals surface area contributed by atoms with Gasteiger partial charge in [0.1, 0.15) is 18.5 Å². The number of nitrogens with zero attached hydrogens (tertiary/aromatic N) is 2. The van der Waals surface area contributed by atoms with Gasteiger partial charge < -0.3 is 23.7 Å². The molecule has 3 heterocycles. The van der Waals surface area contributed by atoms with E-state index in [0.717, 1.165) is 28.8 Å². The molecule has 33 heavy (non-hydrogen) atoms. The number of esters is 1. The standard InChI is InChI=1S/C18H14F3N3O9/c19-18(20,21)33-9-3-1-8(2-4-9)15(25)29-7-10-12-13(32-17(27)31-12)14(30-10)24-6-5-11(23-28)22-16(24)26/h1-6,10,12-14,28H,7H2,(H,22,23,26)/t10-,12-,13-,14-/m1/s1. The number of halogens is 3. The minimum atomic E-state index is -4.87. The Morgan fingerprint density at radius 1 is 1.15 bits per heavy atom. The summed E-state index contributed by atoms with van der Waals surface area (Å²) >= 11 is 0. The fraction of sp³-hybridized carbons (Fsp3) is 0.333. The lowest BCUT2D eigenvalue weighted by Gasteiger charge is -2.18. The van der Waals surface area contributed by atoms with E-state index < -0.39 is 61.1 Å². The van der Waals surface area contributed by atoms with Gasteiger partial charge in [-0.05, 0) is 30.3 Å². The maximum Gasteiger partial charge on any atom is 0.573 e. The molecule has 0 spiro atoms. The predicted octanol–water partition coefficient (Wildman–Crippen LogP) is 1.60. The fourth-order valence-electron chi connectivity index (χ4n) is 3.29. The van der Waals surface area contributed by atoms with Crippen molar-refractivity contribution in [1.82, 2.24) is 9.55 Å². The van der Waals surface area contributed by atoms with Gasteiger partial charge in [-0.2, -0.15) is 4.98 Å². The second-order valence-electron chi connectivity index (χ2n) is 6.77. The topological polar surface area (TPSA) is 147 Å². The van der Waals surface area contributed by atoms with Crippen LogP contribution in [-0.2, 0) is 18.9 Å². The van der Waals surface area contributed by atoms with Crippen molar-refractivity contribution in [3.63, 3.8) is 0 Å². The summed E-state index contributed by atoms with van der Waals surface area (Å²) in [6.07, 6.45) is -8.89. The smallest absolute Gasteiger partial charge is 0.459 e. The first-order chi connectivity index (χ1) is 15.6. The van der Waals surface area contributed by atoms with Crippen molar-refractivity contribution in [3.05, 3.63) is 52.6 Å². The first kappa shape index (κ1) is 22.3. The molecule has 0 radical (unpaired) electrons. The molecule has 2 N–H and O–H groups in total. The van der Waals surface area contributed by atoms with Crippen molar-refractivity contribution < 1.29 is 51.7 Å². The number of hydrogen-bond donors (Lipinski definition) is 2. The summed E-state index contributed by atoms with van der Waals surface area (Å²) in [6, 6.07) is 5.30. The Morgan fingerprint density at radius 2 is 1.85 bits per heavy atom. The number of aromatic nitrogens is 2. The van der Waals surface area contributed by atoms with E-state index in [4.69, 9.17) is 24.2 Å². The molecule has 0 saturated carbocycles. The molecular weight excluding hydrogens is 459 g/mol. The molecule has 2 fully saturated rings. The zero-order valence-corrected chi connectivity index (χ0v) is 16.2. The number of ether oxygens (including phenoxy) is 5. The van der Waals surface area contributed by atoms with Gasteiger partial charge in [0.25, 0.3) is 0 Å². The van der Waals surface area contributed by atoms with Gasteiger partial charge in [-0.3, -0.25) is 15.3 Å². The van der Waals surface area contributed by atoms with Crippen LogP contribution in [0.4, 0.5) is 23.8 Å². The molecule has 2 aromatic rings. The quantitative estimate of drug-likeness (QED) is 0.466.